The largest absolute Gasteiger partial charge is 0.465 e. The van der Waals surface area contributed by atoms with E-state index in [0.717, 1.165) is 19.3 Å². The number of carbonyl (C=O) groups is 2. The van der Waals surface area contributed by atoms with Gasteiger partial charge < -0.3 is 14.4 Å². The number of nitrogens with zero attached hydrogens (tertiary/aromatic N) is 1. The Morgan fingerprint density at radius 2 is 2.00 bits per heavy atom. The lowest BCUT2D eigenvalue weighted by Crippen LogP contribution is -2.44. The average molecular weight is 285 g/mol. The van der Waals surface area contributed by atoms with E-state index in [1.807, 2.05) is 27.7 Å². The predicted molar refractivity (Wildman–Crippen MR) is 76.4 cm³/mol. The Balaban J connectivity index is 2.38. The van der Waals surface area contributed by atoms with Crippen molar-refractivity contribution < 1.29 is 19.1 Å². The summed E-state index contributed by atoms with van der Waals surface area (Å²) in [5.74, 6) is 0.0685. The molecule has 0 aromatic carbocycles. The van der Waals surface area contributed by atoms with E-state index in [1.165, 1.54) is 0 Å². The van der Waals surface area contributed by atoms with Crippen molar-refractivity contribution in [2.45, 2.75) is 59.0 Å². The third-order valence-corrected chi connectivity index (χ3v) is 3.10. The van der Waals surface area contributed by atoms with Crippen molar-refractivity contribution in [3.63, 3.8) is 0 Å². The summed E-state index contributed by atoms with van der Waals surface area (Å²) >= 11 is 0. The van der Waals surface area contributed by atoms with E-state index >= 15 is 0 Å². The molecule has 1 fully saturated rings. The SMILES string of the molecule is CCCC(=O)OC[C@@H]1CCCN(C(=O)OC(C)(C)C)C1. The first kappa shape index (κ1) is 16.8. The molecule has 5 nitrogen and oxygen atoms in total. The fraction of sp³-hybridized carbons (Fsp3) is 0.867. The monoisotopic (exact) mass is 285 g/mol. The molecule has 1 rings (SSSR count). The van der Waals surface area contributed by atoms with Crippen molar-refractivity contribution in [3.8, 4) is 0 Å². The Morgan fingerprint density at radius 3 is 2.60 bits per heavy atom. The molecule has 1 atom stereocenters. The van der Waals surface area contributed by atoms with Crippen LogP contribution in [0.2, 0.25) is 0 Å². The highest BCUT2D eigenvalue weighted by Crippen LogP contribution is 2.19. The van der Waals surface area contributed by atoms with Gasteiger partial charge in [-0.3, -0.25) is 4.79 Å². The zero-order chi connectivity index (χ0) is 15.2. The van der Waals surface area contributed by atoms with Crippen LogP contribution in [0, 0.1) is 5.92 Å². The Labute approximate surface area is 121 Å². The van der Waals surface area contributed by atoms with Crippen LogP contribution in [0.3, 0.4) is 0 Å². The highest BCUT2D eigenvalue weighted by molar-refractivity contribution is 5.69. The molecule has 0 unspecified atom stereocenters. The number of carbonyl (C=O) groups excluding carboxylic acids is 2. The Hall–Kier alpha value is -1.26. The molecule has 20 heavy (non-hydrogen) atoms. The van der Waals surface area contributed by atoms with Crippen LogP contribution >= 0.6 is 0 Å². The Bertz CT molecular complexity index is 335. The van der Waals surface area contributed by atoms with Crippen LogP contribution in [0.5, 0.6) is 0 Å². The first-order chi connectivity index (χ1) is 9.31. The molecule has 0 spiro atoms. The number of rotatable bonds is 4. The summed E-state index contributed by atoms with van der Waals surface area (Å²) in [5, 5.41) is 0. The maximum absolute atomic E-state index is 12.0. The average Bonchev–Trinajstić information content (AvgIpc) is 2.35. The normalized spacial score (nSPS) is 19.6. The Morgan fingerprint density at radius 1 is 1.30 bits per heavy atom. The van der Waals surface area contributed by atoms with Gasteiger partial charge in [0, 0.05) is 25.4 Å². The second kappa shape index (κ2) is 7.50. The van der Waals surface area contributed by atoms with E-state index < -0.39 is 5.60 Å². The lowest BCUT2D eigenvalue weighted by molar-refractivity contribution is -0.145. The minimum atomic E-state index is -0.475. The molecule has 1 aliphatic heterocycles. The van der Waals surface area contributed by atoms with Crippen molar-refractivity contribution in [1.29, 1.82) is 0 Å². The predicted octanol–water partition coefficient (Wildman–Crippen LogP) is 2.98. The number of likely N-dealkylation sites (tertiary alicyclic amines) is 1. The molecule has 0 aliphatic carbocycles. The molecular weight excluding hydrogens is 258 g/mol. The van der Waals surface area contributed by atoms with Crippen LogP contribution in [-0.2, 0) is 14.3 Å². The molecule has 116 valence electrons. The first-order valence-corrected chi connectivity index (χ1v) is 7.45. The van der Waals surface area contributed by atoms with Crippen molar-refractivity contribution >= 4 is 12.1 Å². The number of hydrogen-bond donors (Lipinski definition) is 0. The fourth-order valence-electron chi connectivity index (χ4n) is 2.18. The molecule has 1 saturated heterocycles. The Kier molecular flexibility index (Phi) is 6.30. The van der Waals surface area contributed by atoms with Crippen LogP contribution in [0.15, 0.2) is 0 Å². The van der Waals surface area contributed by atoms with Gasteiger partial charge in [-0.2, -0.15) is 0 Å². The third-order valence-electron chi connectivity index (χ3n) is 3.10. The number of esters is 1. The van der Waals surface area contributed by atoms with E-state index in [9.17, 15) is 9.59 Å². The van der Waals surface area contributed by atoms with Crippen LogP contribution < -0.4 is 0 Å². The minimum absolute atomic E-state index is 0.151. The second-order valence-corrected chi connectivity index (χ2v) is 6.37. The molecule has 1 amide bonds. The highest BCUT2D eigenvalue weighted by Gasteiger charge is 2.28. The number of amides is 1. The fourth-order valence-corrected chi connectivity index (χ4v) is 2.18. The molecule has 0 aromatic rings. The maximum atomic E-state index is 12.0. The van der Waals surface area contributed by atoms with Gasteiger partial charge in [0.2, 0.25) is 0 Å². The van der Waals surface area contributed by atoms with E-state index in [1.54, 1.807) is 4.90 Å². The van der Waals surface area contributed by atoms with Gasteiger partial charge >= 0.3 is 12.1 Å². The van der Waals surface area contributed by atoms with Gasteiger partial charge in [0.25, 0.3) is 0 Å². The summed E-state index contributed by atoms with van der Waals surface area (Å²) in [6.07, 6.45) is 2.89. The number of hydrogen-bond acceptors (Lipinski definition) is 4. The molecule has 0 radical (unpaired) electrons. The topological polar surface area (TPSA) is 55.8 Å². The first-order valence-electron chi connectivity index (χ1n) is 7.45. The molecule has 1 heterocycles. The molecule has 0 bridgehead atoms. The number of piperidine rings is 1. The zero-order valence-corrected chi connectivity index (χ0v) is 13.1. The summed E-state index contributed by atoms with van der Waals surface area (Å²) in [6, 6.07) is 0. The van der Waals surface area contributed by atoms with Gasteiger partial charge in [-0.15, -0.1) is 0 Å². The molecule has 5 heteroatoms. The van der Waals surface area contributed by atoms with Crippen LogP contribution in [0.25, 0.3) is 0 Å². The van der Waals surface area contributed by atoms with Gasteiger partial charge in [0.15, 0.2) is 0 Å². The van der Waals surface area contributed by atoms with Gasteiger partial charge in [-0.1, -0.05) is 6.92 Å². The molecule has 1 aliphatic rings. The van der Waals surface area contributed by atoms with E-state index in [-0.39, 0.29) is 18.0 Å². The van der Waals surface area contributed by atoms with Gasteiger partial charge in [0.05, 0.1) is 6.61 Å². The van der Waals surface area contributed by atoms with Gasteiger partial charge in [-0.05, 0) is 40.0 Å². The number of ether oxygens (including phenoxy) is 2. The van der Waals surface area contributed by atoms with E-state index in [2.05, 4.69) is 0 Å². The van der Waals surface area contributed by atoms with Crippen LogP contribution in [0.1, 0.15) is 53.4 Å². The van der Waals surface area contributed by atoms with Gasteiger partial charge in [0.1, 0.15) is 5.60 Å². The highest BCUT2D eigenvalue weighted by atomic mass is 16.6. The summed E-state index contributed by atoms with van der Waals surface area (Å²) in [6.45, 7) is 9.25. The molecule has 0 saturated carbocycles. The van der Waals surface area contributed by atoms with Crippen molar-refractivity contribution in [3.05, 3.63) is 0 Å². The second-order valence-electron chi connectivity index (χ2n) is 6.37. The van der Waals surface area contributed by atoms with E-state index in [0.29, 0.717) is 26.1 Å². The standard InChI is InChI=1S/C15H27NO4/c1-5-7-13(17)19-11-12-8-6-9-16(10-12)14(18)20-15(2,3)4/h12H,5-11H2,1-4H3/t12-/m1/s1. The molecular formula is C15H27NO4. The van der Waals surface area contributed by atoms with Crippen molar-refractivity contribution in [1.82, 2.24) is 4.90 Å². The van der Waals surface area contributed by atoms with Crippen molar-refractivity contribution in [2.75, 3.05) is 19.7 Å². The quantitative estimate of drug-likeness (QED) is 0.745. The third kappa shape index (κ3) is 6.26. The molecule has 0 aromatic heterocycles. The van der Waals surface area contributed by atoms with Crippen molar-refractivity contribution in [2.24, 2.45) is 5.92 Å². The summed E-state index contributed by atoms with van der Waals surface area (Å²) in [5.41, 5.74) is -0.475. The van der Waals surface area contributed by atoms with Crippen LogP contribution in [0.4, 0.5) is 4.79 Å². The smallest absolute Gasteiger partial charge is 0.410 e. The van der Waals surface area contributed by atoms with Crippen LogP contribution in [-0.4, -0.2) is 42.3 Å². The summed E-state index contributed by atoms with van der Waals surface area (Å²) < 4.78 is 10.6. The zero-order valence-electron chi connectivity index (χ0n) is 13.1. The lowest BCUT2D eigenvalue weighted by atomic mass is 9.99. The lowest BCUT2D eigenvalue weighted by Gasteiger charge is -2.33. The summed E-state index contributed by atoms with van der Waals surface area (Å²) in [7, 11) is 0. The maximum Gasteiger partial charge on any atom is 0.410 e. The minimum Gasteiger partial charge on any atom is -0.465 e. The van der Waals surface area contributed by atoms with Gasteiger partial charge in [-0.25, -0.2) is 4.79 Å². The summed E-state index contributed by atoms with van der Waals surface area (Å²) in [4.78, 5) is 25.1. The molecule has 0 N–H and O–H groups in total. The van der Waals surface area contributed by atoms with E-state index in [4.69, 9.17) is 9.47 Å².